The highest BCUT2D eigenvalue weighted by Crippen LogP contribution is 2.38. The van der Waals surface area contributed by atoms with Crippen molar-refractivity contribution in [1.82, 2.24) is 19.8 Å². The SMILES string of the molecule is CC1(C)C(=O)N(C2C=C(C(F)(F)F)C(C#N)=CC2)C(=S)N1CCCOc1ccc2ncncc2c1. The number of nitriles is 1. The first-order valence-electron chi connectivity index (χ1n) is 10.9. The molecule has 2 heterocycles. The topological polar surface area (TPSA) is 82.4 Å². The van der Waals surface area contributed by atoms with Crippen LogP contribution in [0.15, 0.2) is 54.0 Å². The molecule has 182 valence electrons. The van der Waals surface area contributed by atoms with E-state index in [-0.39, 0.29) is 17.4 Å². The van der Waals surface area contributed by atoms with Gasteiger partial charge in [0, 0.05) is 18.1 Å². The molecule has 2 aliphatic rings. The van der Waals surface area contributed by atoms with E-state index in [1.807, 2.05) is 18.2 Å². The molecule has 1 saturated heterocycles. The van der Waals surface area contributed by atoms with Crippen molar-refractivity contribution in [3.8, 4) is 11.8 Å². The van der Waals surface area contributed by atoms with Gasteiger partial charge in [0.1, 0.15) is 17.6 Å². The molecule has 2 aromatic rings. The molecule has 0 saturated carbocycles. The zero-order valence-corrected chi connectivity index (χ0v) is 19.9. The lowest BCUT2D eigenvalue weighted by atomic mass is 9.93. The largest absolute Gasteiger partial charge is 0.494 e. The molecule has 1 aliphatic heterocycles. The molecule has 1 atom stereocenters. The van der Waals surface area contributed by atoms with Gasteiger partial charge < -0.3 is 9.64 Å². The summed E-state index contributed by atoms with van der Waals surface area (Å²) in [5.41, 5.74) is -1.71. The second kappa shape index (κ2) is 9.26. The summed E-state index contributed by atoms with van der Waals surface area (Å²) >= 11 is 5.53. The van der Waals surface area contributed by atoms with Gasteiger partial charge in [-0.25, -0.2) is 9.97 Å². The molecule has 1 unspecified atom stereocenters. The van der Waals surface area contributed by atoms with Crippen LogP contribution in [-0.4, -0.2) is 61.7 Å². The lowest BCUT2D eigenvalue weighted by Gasteiger charge is -2.30. The van der Waals surface area contributed by atoms with Gasteiger partial charge >= 0.3 is 6.18 Å². The third kappa shape index (κ3) is 4.71. The van der Waals surface area contributed by atoms with Gasteiger partial charge in [-0.05, 0) is 63.2 Å². The Morgan fingerprint density at radius 3 is 2.83 bits per heavy atom. The lowest BCUT2D eigenvalue weighted by Crippen LogP contribution is -2.45. The van der Waals surface area contributed by atoms with E-state index >= 15 is 0 Å². The first-order valence-corrected chi connectivity index (χ1v) is 11.3. The van der Waals surface area contributed by atoms with Crippen LogP contribution in [0.2, 0.25) is 0 Å². The molecule has 1 aromatic carbocycles. The summed E-state index contributed by atoms with van der Waals surface area (Å²) in [6.07, 6.45) is 1.20. The van der Waals surface area contributed by atoms with E-state index in [1.165, 1.54) is 17.3 Å². The number of hydrogen-bond donors (Lipinski definition) is 0. The van der Waals surface area contributed by atoms with Gasteiger partial charge in [-0.15, -0.1) is 0 Å². The number of fused-ring (bicyclic) bond motifs is 1. The summed E-state index contributed by atoms with van der Waals surface area (Å²) in [6.45, 7) is 4.12. The molecule has 0 spiro atoms. The Kier molecular flexibility index (Phi) is 6.51. The summed E-state index contributed by atoms with van der Waals surface area (Å²) in [5.74, 6) is 0.273. The molecule has 1 aliphatic carbocycles. The fraction of sp³-hybridized carbons (Fsp3) is 0.375. The normalized spacial score (nSPS) is 20.1. The summed E-state index contributed by atoms with van der Waals surface area (Å²) < 4.78 is 46.2. The maximum atomic E-state index is 13.5. The van der Waals surface area contributed by atoms with Gasteiger partial charge in [0.15, 0.2) is 5.11 Å². The molecule has 0 bridgehead atoms. The molecule has 11 heteroatoms. The van der Waals surface area contributed by atoms with Crippen LogP contribution in [0.25, 0.3) is 10.9 Å². The second-order valence-corrected chi connectivity index (χ2v) is 9.09. The van der Waals surface area contributed by atoms with E-state index in [9.17, 15) is 18.0 Å². The van der Waals surface area contributed by atoms with Crippen molar-refractivity contribution < 1.29 is 22.7 Å². The number of alkyl halides is 3. The Balaban J connectivity index is 1.43. The number of ether oxygens (including phenoxy) is 1. The van der Waals surface area contributed by atoms with Crippen LogP contribution in [0, 0.1) is 11.3 Å². The highest BCUT2D eigenvalue weighted by Gasteiger charge is 2.51. The minimum Gasteiger partial charge on any atom is -0.494 e. The Labute approximate surface area is 205 Å². The smallest absolute Gasteiger partial charge is 0.417 e. The number of thiocarbonyl (C=S) groups is 1. The van der Waals surface area contributed by atoms with Gasteiger partial charge in [-0.2, -0.15) is 18.4 Å². The maximum Gasteiger partial charge on any atom is 0.417 e. The third-order valence-corrected chi connectivity index (χ3v) is 6.51. The number of allylic oxidation sites excluding steroid dienone is 2. The molecule has 1 aromatic heterocycles. The third-order valence-electron chi connectivity index (χ3n) is 6.10. The number of amides is 1. The van der Waals surface area contributed by atoms with Crippen LogP contribution < -0.4 is 4.74 Å². The van der Waals surface area contributed by atoms with Crippen molar-refractivity contribution in [2.75, 3.05) is 13.2 Å². The predicted molar refractivity (Wildman–Crippen MR) is 126 cm³/mol. The molecular formula is C24H22F3N5O2S. The number of rotatable bonds is 6. The number of aromatic nitrogens is 2. The van der Waals surface area contributed by atoms with Crippen molar-refractivity contribution >= 4 is 34.1 Å². The summed E-state index contributed by atoms with van der Waals surface area (Å²) in [4.78, 5) is 24.3. The van der Waals surface area contributed by atoms with E-state index in [4.69, 9.17) is 22.2 Å². The van der Waals surface area contributed by atoms with Gasteiger partial charge in [-0.1, -0.05) is 6.08 Å². The Morgan fingerprint density at radius 2 is 2.11 bits per heavy atom. The minimum absolute atomic E-state index is 0.0765. The Hall–Kier alpha value is -3.52. The predicted octanol–water partition coefficient (Wildman–Crippen LogP) is 4.32. The number of nitrogens with zero attached hydrogens (tertiary/aromatic N) is 5. The lowest BCUT2D eigenvalue weighted by molar-refractivity contribution is -0.132. The van der Waals surface area contributed by atoms with Crippen LogP contribution in [0.3, 0.4) is 0 Å². The number of carbonyl (C=O) groups excluding carboxylic acids is 1. The van der Waals surface area contributed by atoms with Crippen molar-refractivity contribution in [3.05, 3.63) is 54.0 Å². The van der Waals surface area contributed by atoms with E-state index < -0.39 is 28.9 Å². The number of hydrogen-bond acceptors (Lipinski definition) is 6. The van der Waals surface area contributed by atoms with Crippen LogP contribution in [0.5, 0.6) is 5.75 Å². The molecular weight excluding hydrogens is 479 g/mol. The average molecular weight is 502 g/mol. The molecule has 35 heavy (non-hydrogen) atoms. The van der Waals surface area contributed by atoms with Crippen molar-refractivity contribution in [2.24, 2.45) is 0 Å². The first-order chi connectivity index (χ1) is 16.5. The Morgan fingerprint density at radius 1 is 1.34 bits per heavy atom. The summed E-state index contributed by atoms with van der Waals surface area (Å²) in [5, 5.41) is 10.1. The Bertz CT molecular complexity index is 1280. The van der Waals surface area contributed by atoms with E-state index in [0.29, 0.717) is 25.3 Å². The molecule has 4 rings (SSSR count). The molecule has 7 nitrogen and oxygen atoms in total. The number of halogens is 3. The zero-order chi connectivity index (χ0) is 25.4. The van der Waals surface area contributed by atoms with Crippen LogP contribution in [0.1, 0.15) is 26.7 Å². The number of carbonyl (C=O) groups is 1. The van der Waals surface area contributed by atoms with Gasteiger partial charge in [0.2, 0.25) is 0 Å². The fourth-order valence-corrected chi connectivity index (χ4v) is 4.77. The van der Waals surface area contributed by atoms with Crippen molar-refractivity contribution in [2.45, 2.75) is 44.4 Å². The zero-order valence-electron chi connectivity index (χ0n) is 19.0. The number of benzene rings is 1. The monoisotopic (exact) mass is 501 g/mol. The highest BCUT2D eigenvalue weighted by molar-refractivity contribution is 7.80. The van der Waals surface area contributed by atoms with Gasteiger partial charge in [0.25, 0.3) is 5.91 Å². The maximum absolute atomic E-state index is 13.5. The van der Waals surface area contributed by atoms with Crippen LogP contribution in [-0.2, 0) is 4.79 Å². The van der Waals surface area contributed by atoms with E-state index in [0.717, 1.165) is 17.0 Å². The van der Waals surface area contributed by atoms with Crippen LogP contribution >= 0.6 is 12.2 Å². The van der Waals surface area contributed by atoms with Crippen LogP contribution in [0.4, 0.5) is 13.2 Å². The quantitative estimate of drug-likeness (QED) is 0.431. The summed E-state index contributed by atoms with van der Waals surface area (Å²) in [6, 6.07) is 6.15. The summed E-state index contributed by atoms with van der Waals surface area (Å²) in [7, 11) is 0. The molecule has 0 radical (unpaired) electrons. The molecule has 1 amide bonds. The van der Waals surface area contributed by atoms with Crippen molar-refractivity contribution in [3.63, 3.8) is 0 Å². The average Bonchev–Trinajstić information content (AvgIpc) is 2.99. The van der Waals surface area contributed by atoms with Gasteiger partial charge in [0.05, 0.1) is 35.4 Å². The van der Waals surface area contributed by atoms with Gasteiger partial charge in [-0.3, -0.25) is 9.69 Å². The van der Waals surface area contributed by atoms with E-state index in [1.54, 1.807) is 31.0 Å². The van der Waals surface area contributed by atoms with Crippen molar-refractivity contribution in [1.29, 1.82) is 5.26 Å². The van der Waals surface area contributed by atoms with E-state index in [2.05, 4.69) is 9.97 Å². The molecule has 0 N–H and O–H groups in total. The highest BCUT2D eigenvalue weighted by atomic mass is 32.1. The first kappa shape index (κ1) is 24.6. The molecule has 1 fully saturated rings. The standard InChI is InChI=1S/C24H22F3N5O2S/c1-23(2)21(33)32(17-5-4-15(12-28)19(11-17)24(25,26)27)22(35)31(23)8-3-9-34-18-6-7-20-16(10-18)13-29-14-30-20/h4,6-7,10-11,13-14,17H,3,5,8-9H2,1-2H3. The second-order valence-electron chi connectivity index (χ2n) is 8.72. The minimum atomic E-state index is -4.70. The fourth-order valence-electron chi connectivity index (χ4n) is 4.23.